The van der Waals surface area contributed by atoms with Crippen LogP contribution >= 0.6 is 0 Å². The third kappa shape index (κ3) is 1.27. The monoisotopic (exact) mass is 210 g/mol. The molecule has 78 valence electrons. The van der Waals surface area contributed by atoms with Gasteiger partial charge in [-0.3, -0.25) is 4.98 Å². The van der Waals surface area contributed by atoms with E-state index in [9.17, 15) is 0 Å². The van der Waals surface area contributed by atoms with Crippen molar-refractivity contribution in [3.63, 3.8) is 0 Å². The van der Waals surface area contributed by atoms with Crippen LogP contribution in [-0.2, 0) is 0 Å². The summed E-state index contributed by atoms with van der Waals surface area (Å²) in [6.07, 6.45) is 7.20. The zero-order chi connectivity index (χ0) is 11.0. The maximum atomic E-state index is 4.32. The summed E-state index contributed by atoms with van der Waals surface area (Å²) < 4.78 is 1.84. The van der Waals surface area contributed by atoms with Gasteiger partial charge >= 0.3 is 0 Å². The standard InChI is InChI=1S/C12H10N4/c1-9-7-15-16-11(4-6-14-12(9)16)10-3-2-5-13-8-10/h2-8H,1H3. The van der Waals surface area contributed by atoms with Crippen molar-refractivity contribution < 1.29 is 0 Å². The molecular weight excluding hydrogens is 200 g/mol. The molecule has 0 fully saturated rings. The van der Waals surface area contributed by atoms with Crippen molar-refractivity contribution in [1.82, 2.24) is 19.6 Å². The number of nitrogens with zero attached hydrogens (tertiary/aromatic N) is 4. The van der Waals surface area contributed by atoms with Crippen LogP contribution in [0, 0.1) is 6.92 Å². The van der Waals surface area contributed by atoms with E-state index in [-0.39, 0.29) is 0 Å². The van der Waals surface area contributed by atoms with Gasteiger partial charge in [0.25, 0.3) is 0 Å². The highest BCUT2D eigenvalue weighted by molar-refractivity contribution is 5.62. The van der Waals surface area contributed by atoms with E-state index >= 15 is 0 Å². The number of aromatic nitrogens is 4. The van der Waals surface area contributed by atoms with Crippen molar-refractivity contribution in [2.75, 3.05) is 0 Å². The summed E-state index contributed by atoms with van der Waals surface area (Å²) in [5.74, 6) is 0. The molecule has 0 saturated heterocycles. The zero-order valence-corrected chi connectivity index (χ0v) is 8.83. The first-order chi connectivity index (χ1) is 7.86. The number of rotatable bonds is 1. The van der Waals surface area contributed by atoms with Crippen molar-refractivity contribution in [1.29, 1.82) is 0 Å². The number of hydrogen-bond acceptors (Lipinski definition) is 3. The van der Waals surface area contributed by atoms with Crippen LogP contribution in [0.4, 0.5) is 0 Å². The molecule has 0 atom stereocenters. The third-order valence-corrected chi connectivity index (χ3v) is 2.53. The van der Waals surface area contributed by atoms with Crippen molar-refractivity contribution >= 4 is 5.65 Å². The SMILES string of the molecule is Cc1cnn2c(-c3cccnc3)ccnc12. The second-order valence-electron chi connectivity index (χ2n) is 3.63. The van der Waals surface area contributed by atoms with Crippen LogP contribution in [0.25, 0.3) is 16.9 Å². The first-order valence-electron chi connectivity index (χ1n) is 5.06. The Morgan fingerprint density at radius 1 is 1.12 bits per heavy atom. The van der Waals surface area contributed by atoms with Crippen LogP contribution in [0.1, 0.15) is 5.56 Å². The summed E-state index contributed by atoms with van der Waals surface area (Å²) in [6.45, 7) is 2.00. The van der Waals surface area contributed by atoms with E-state index in [1.807, 2.05) is 42.0 Å². The van der Waals surface area contributed by atoms with Gasteiger partial charge in [0.15, 0.2) is 5.65 Å². The lowest BCUT2D eigenvalue weighted by molar-refractivity contribution is 0.946. The number of pyridine rings is 1. The second-order valence-corrected chi connectivity index (χ2v) is 3.63. The molecule has 0 amide bonds. The van der Waals surface area contributed by atoms with Gasteiger partial charge < -0.3 is 0 Å². The van der Waals surface area contributed by atoms with Crippen LogP contribution in [0.3, 0.4) is 0 Å². The predicted molar refractivity (Wildman–Crippen MR) is 61.0 cm³/mol. The van der Waals surface area contributed by atoms with Crippen LogP contribution in [0.5, 0.6) is 0 Å². The summed E-state index contributed by atoms with van der Waals surface area (Å²) >= 11 is 0. The average Bonchev–Trinajstić information content (AvgIpc) is 2.73. The Morgan fingerprint density at radius 2 is 2.06 bits per heavy atom. The number of fused-ring (bicyclic) bond motifs is 1. The molecule has 4 nitrogen and oxygen atoms in total. The van der Waals surface area contributed by atoms with Crippen LogP contribution in [0.15, 0.2) is 43.0 Å². The molecule has 3 rings (SSSR count). The fourth-order valence-electron chi connectivity index (χ4n) is 1.74. The molecule has 0 saturated carbocycles. The largest absolute Gasteiger partial charge is 0.264 e. The first-order valence-corrected chi connectivity index (χ1v) is 5.06. The molecule has 0 N–H and O–H groups in total. The Labute approximate surface area is 92.6 Å². The van der Waals surface area contributed by atoms with Crippen molar-refractivity contribution in [2.24, 2.45) is 0 Å². The first kappa shape index (κ1) is 9.03. The van der Waals surface area contributed by atoms with Gasteiger partial charge in [-0.1, -0.05) is 0 Å². The lowest BCUT2D eigenvalue weighted by Crippen LogP contribution is -1.95. The Morgan fingerprint density at radius 3 is 2.88 bits per heavy atom. The molecule has 4 heteroatoms. The van der Waals surface area contributed by atoms with Crippen molar-refractivity contribution in [2.45, 2.75) is 6.92 Å². The lowest BCUT2D eigenvalue weighted by atomic mass is 10.2. The molecule has 0 radical (unpaired) electrons. The highest BCUT2D eigenvalue weighted by atomic mass is 15.2. The summed E-state index contributed by atoms with van der Waals surface area (Å²) in [6, 6.07) is 5.87. The van der Waals surface area contributed by atoms with E-state index in [4.69, 9.17) is 0 Å². The van der Waals surface area contributed by atoms with E-state index < -0.39 is 0 Å². The number of aryl methyl sites for hydroxylation is 1. The molecule has 0 aliphatic carbocycles. The Hall–Kier alpha value is -2.23. The van der Waals surface area contributed by atoms with Crippen LogP contribution in [-0.4, -0.2) is 19.6 Å². The minimum atomic E-state index is 0.890. The Kier molecular flexibility index (Phi) is 1.93. The highest BCUT2D eigenvalue weighted by Crippen LogP contribution is 2.19. The zero-order valence-electron chi connectivity index (χ0n) is 8.83. The van der Waals surface area contributed by atoms with E-state index in [2.05, 4.69) is 15.1 Å². The fraction of sp³-hybridized carbons (Fsp3) is 0.0833. The Bertz CT molecular complexity index is 628. The number of hydrogen-bond donors (Lipinski definition) is 0. The molecule has 0 aromatic carbocycles. The normalized spacial score (nSPS) is 10.8. The smallest absolute Gasteiger partial charge is 0.158 e. The average molecular weight is 210 g/mol. The molecule has 0 unspecified atom stereocenters. The van der Waals surface area contributed by atoms with Crippen molar-refractivity contribution in [3.05, 3.63) is 48.5 Å². The van der Waals surface area contributed by atoms with Gasteiger partial charge in [-0.15, -0.1) is 0 Å². The highest BCUT2D eigenvalue weighted by Gasteiger charge is 2.06. The molecular formula is C12H10N4. The minimum Gasteiger partial charge on any atom is -0.264 e. The maximum Gasteiger partial charge on any atom is 0.158 e. The topological polar surface area (TPSA) is 43.1 Å². The third-order valence-electron chi connectivity index (χ3n) is 2.53. The lowest BCUT2D eigenvalue weighted by Gasteiger charge is -2.03. The van der Waals surface area contributed by atoms with E-state index in [1.165, 1.54) is 0 Å². The summed E-state index contributed by atoms with van der Waals surface area (Å²) in [5.41, 5.74) is 4.01. The molecule has 3 heterocycles. The van der Waals surface area contributed by atoms with Crippen molar-refractivity contribution in [3.8, 4) is 11.3 Å². The van der Waals surface area contributed by atoms with E-state index in [0.717, 1.165) is 22.5 Å². The van der Waals surface area contributed by atoms with Gasteiger partial charge in [0.05, 0.1) is 11.9 Å². The molecule has 0 spiro atoms. The van der Waals surface area contributed by atoms with E-state index in [1.54, 1.807) is 12.4 Å². The van der Waals surface area contributed by atoms with Gasteiger partial charge in [-0.25, -0.2) is 9.50 Å². The molecule has 0 bridgehead atoms. The van der Waals surface area contributed by atoms with Gasteiger partial charge in [0.1, 0.15) is 0 Å². The molecule has 16 heavy (non-hydrogen) atoms. The second kappa shape index (κ2) is 3.41. The summed E-state index contributed by atoms with van der Waals surface area (Å²) in [5, 5.41) is 4.32. The quantitative estimate of drug-likeness (QED) is 0.617. The van der Waals surface area contributed by atoms with Gasteiger partial charge in [0.2, 0.25) is 0 Å². The van der Waals surface area contributed by atoms with Gasteiger partial charge in [-0.05, 0) is 25.1 Å². The summed E-state index contributed by atoms with van der Waals surface area (Å²) in [7, 11) is 0. The Balaban J connectivity index is 2.32. The minimum absolute atomic E-state index is 0.890. The summed E-state index contributed by atoms with van der Waals surface area (Å²) in [4.78, 5) is 8.42. The molecule has 0 aliphatic heterocycles. The fourth-order valence-corrected chi connectivity index (χ4v) is 1.74. The van der Waals surface area contributed by atoms with Gasteiger partial charge in [-0.2, -0.15) is 5.10 Å². The van der Waals surface area contributed by atoms with Gasteiger partial charge in [0, 0.05) is 29.7 Å². The van der Waals surface area contributed by atoms with Crippen LogP contribution < -0.4 is 0 Å². The van der Waals surface area contributed by atoms with E-state index in [0.29, 0.717) is 0 Å². The molecule has 3 aromatic heterocycles. The molecule has 3 aromatic rings. The molecule has 0 aliphatic rings. The van der Waals surface area contributed by atoms with Crippen LogP contribution in [0.2, 0.25) is 0 Å². The predicted octanol–water partition coefficient (Wildman–Crippen LogP) is 2.10. The maximum absolute atomic E-state index is 4.32.